The van der Waals surface area contributed by atoms with Crippen molar-refractivity contribution in [2.24, 2.45) is 0 Å². The third kappa shape index (κ3) is 1.14. The highest BCUT2D eigenvalue weighted by Gasteiger charge is 3.00. The standard InChI is InChI=1S/C5Cl4F6/c6-2(7)1(10,5(13,14)15)4(11,12)3(2,8)9. The molecule has 0 spiro atoms. The van der Waals surface area contributed by atoms with Gasteiger partial charge in [0.15, 0.2) is 0 Å². The van der Waals surface area contributed by atoms with E-state index in [1.807, 2.05) is 0 Å². The molecule has 1 aliphatic rings. The van der Waals surface area contributed by atoms with Crippen molar-refractivity contribution in [2.75, 3.05) is 0 Å². The first-order valence-corrected chi connectivity index (χ1v) is 4.65. The molecule has 0 radical (unpaired) electrons. The molecule has 0 nitrogen and oxygen atoms in total. The number of alkyl halides is 10. The Labute approximate surface area is 99.4 Å². The predicted octanol–water partition coefficient (Wildman–Crippen LogP) is 4.25. The minimum atomic E-state index is -5.99. The van der Waals surface area contributed by atoms with E-state index in [-0.39, 0.29) is 0 Å². The van der Waals surface area contributed by atoms with Gasteiger partial charge in [0, 0.05) is 0 Å². The van der Waals surface area contributed by atoms with Gasteiger partial charge in [-0.1, -0.05) is 46.4 Å². The lowest BCUT2D eigenvalue weighted by atomic mass is 9.74. The summed E-state index contributed by atoms with van der Waals surface area (Å²) in [6, 6.07) is 0. The highest BCUT2D eigenvalue weighted by molar-refractivity contribution is 6.65. The van der Waals surface area contributed by atoms with Gasteiger partial charge in [-0.15, -0.1) is 0 Å². The molecule has 0 saturated heterocycles. The van der Waals surface area contributed by atoms with Crippen molar-refractivity contribution in [2.45, 2.75) is 26.4 Å². The van der Waals surface area contributed by atoms with Crippen molar-refractivity contribution in [3.8, 4) is 0 Å². The minimum absolute atomic E-state index is 3.55. The van der Waals surface area contributed by atoms with Gasteiger partial charge in [0.1, 0.15) is 0 Å². The average molecular weight is 316 g/mol. The SMILES string of the molecule is FC(F)(F)C1(F)C(F)(F)C(Cl)(Cl)C1(Cl)Cl. The maximum atomic E-state index is 13.2. The van der Waals surface area contributed by atoms with Crippen LogP contribution in [0.2, 0.25) is 0 Å². The van der Waals surface area contributed by atoms with Crippen molar-refractivity contribution in [3.05, 3.63) is 0 Å². The van der Waals surface area contributed by atoms with Gasteiger partial charge < -0.3 is 0 Å². The lowest BCUT2D eigenvalue weighted by Gasteiger charge is -2.59. The number of hydrogen-bond donors (Lipinski definition) is 0. The summed E-state index contributed by atoms with van der Waals surface area (Å²) in [6.07, 6.45) is -5.99. The molecule has 0 heterocycles. The Morgan fingerprint density at radius 1 is 0.733 bits per heavy atom. The van der Waals surface area contributed by atoms with Crippen molar-refractivity contribution >= 4 is 46.4 Å². The first-order valence-electron chi connectivity index (χ1n) is 3.14. The number of hydrogen-bond acceptors (Lipinski definition) is 0. The fourth-order valence-corrected chi connectivity index (χ4v) is 2.33. The van der Waals surface area contributed by atoms with E-state index in [0.29, 0.717) is 0 Å². The van der Waals surface area contributed by atoms with Crippen LogP contribution in [0.4, 0.5) is 26.3 Å². The van der Waals surface area contributed by atoms with Crippen LogP contribution in [0.1, 0.15) is 0 Å². The van der Waals surface area contributed by atoms with Crippen LogP contribution in [0.15, 0.2) is 0 Å². The molecule has 0 aromatic rings. The van der Waals surface area contributed by atoms with E-state index < -0.39 is 26.4 Å². The van der Waals surface area contributed by atoms with E-state index in [9.17, 15) is 26.3 Å². The summed E-state index contributed by atoms with van der Waals surface area (Å²) in [5.74, 6) is -5.13. The Bertz CT molecular complexity index is 276. The number of rotatable bonds is 0. The zero-order valence-electron chi connectivity index (χ0n) is 6.28. The lowest BCUT2D eigenvalue weighted by molar-refractivity contribution is -0.352. The van der Waals surface area contributed by atoms with Gasteiger partial charge >= 0.3 is 17.8 Å². The predicted molar refractivity (Wildman–Crippen MR) is 43.7 cm³/mol. The van der Waals surface area contributed by atoms with Gasteiger partial charge in [-0.3, -0.25) is 0 Å². The van der Waals surface area contributed by atoms with E-state index in [0.717, 1.165) is 0 Å². The van der Waals surface area contributed by atoms with Crippen molar-refractivity contribution in [3.63, 3.8) is 0 Å². The second-order valence-electron chi connectivity index (χ2n) is 2.88. The van der Waals surface area contributed by atoms with Crippen LogP contribution in [0, 0.1) is 0 Å². The van der Waals surface area contributed by atoms with E-state index in [2.05, 4.69) is 0 Å². The average Bonchev–Trinajstić information content (AvgIpc) is 1.98. The largest absolute Gasteiger partial charge is 0.431 e. The van der Waals surface area contributed by atoms with E-state index in [4.69, 9.17) is 46.4 Å². The van der Waals surface area contributed by atoms with Crippen LogP contribution in [-0.2, 0) is 0 Å². The third-order valence-corrected chi connectivity index (χ3v) is 4.56. The summed E-state index contributed by atoms with van der Waals surface area (Å²) in [5.41, 5.74) is -5.18. The van der Waals surface area contributed by atoms with Crippen LogP contribution < -0.4 is 0 Å². The first-order chi connectivity index (χ1) is 6.25. The maximum absolute atomic E-state index is 13.2. The Hall–Kier alpha value is 0.740. The monoisotopic (exact) mass is 314 g/mol. The Morgan fingerprint density at radius 3 is 1.20 bits per heavy atom. The molecule has 0 aliphatic heterocycles. The Kier molecular flexibility index (Phi) is 2.71. The maximum Gasteiger partial charge on any atom is 0.431 e. The van der Waals surface area contributed by atoms with Crippen LogP contribution in [0.3, 0.4) is 0 Å². The third-order valence-electron chi connectivity index (χ3n) is 2.04. The van der Waals surface area contributed by atoms with Gasteiger partial charge in [0.2, 0.25) is 8.67 Å². The fourth-order valence-electron chi connectivity index (χ4n) is 1.12. The molecule has 1 saturated carbocycles. The van der Waals surface area contributed by atoms with Crippen LogP contribution in [0.5, 0.6) is 0 Å². The summed E-state index contributed by atoms with van der Waals surface area (Å²) in [6.45, 7) is 0. The normalized spacial score (nSPS) is 37.2. The molecule has 0 N–H and O–H groups in total. The molecule has 90 valence electrons. The van der Waals surface area contributed by atoms with E-state index in [1.165, 1.54) is 0 Å². The number of halogens is 10. The van der Waals surface area contributed by atoms with E-state index in [1.54, 1.807) is 0 Å². The van der Waals surface area contributed by atoms with Gasteiger partial charge in [-0.25, -0.2) is 4.39 Å². The van der Waals surface area contributed by atoms with Crippen molar-refractivity contribution < 1.29 is 26.3 Å². The molecular weight excluding hydrogens is 316 g/mol. The van der Waals surface area contributed by atoms with E-state index >= 15 is 0 Å². The van der Waals surface area contributed by atoms with Crippen LogP contribution >= 0.6 is 46.4 Å². The van der Waals surface area contributed by atoms with Crippen molar-refractivity contribution in [1.82, 2.24) is 0 Å². The zero-order chi connectivity index (χ0) is 12.5. The molecule has 10 heteroatoms. The minimum Gasteiger partial charge on any atom is -0.223 e. The summed E-state index contributed by atoms with van der Waals surface area (Å²) >= 11 is 19.2. The summed E-state index contributed by atoms with van der Waals surface area (Å²) in [4.78, 5) is 0. The molecule has 0 aromatic heterocycles. The molecule has 1 atom stereocenters. The zero-order valence-corrected chi connectivity index (χ0v) is 9.30. The summed E-state index contributed by atoms with van der Waals surface area (Å²) < 4.78 is 67.8. The second kappa shape index (κ2) is 2.94. The fraction of sp³-hybridized carbons (Fsp3) is 1.00. The molecule has 0 aromatic carbocycles. The Balaban J connectivity index is 3.36. The quantitative estimate of drug-likeness (QED) is 0.463. The second-order valence-corrected chi connectivity index (χ2v) is 5.53. The molecule has 1 unspecified atom stereocenters. The molecule has 1 fully saturated rings. The highest BCUT2D eigenvalue weighted by Crippen LogP contribution is 2.76. The van der Waals surface area contributed by atoms with Gasteiger partial charge in [-0.2, -0.15) is 22.0 Å². The molecule has 1 rings (SSSR count). The molecule has 0 amide bonds. The summed E-state index contributed by atoms with van der Waals surface area (Å²) in [5, 5.41) is 0. The molecule has 0 bridgehead atoms. The Morgan fingerprint density at radius 2 is 1.07 bits per heavy atom. The van der Waals surface area contributed by atoms with Gasteiger partial charge in [-0.05, 0) is 0 Å². The highest BCUT2D eigenvalue weighted by atomic mass is 35.5. The van der Waals surface area contributed by atoms with Crippen LogP contribution in [-0.4, -0.2) is 26.4 Å². The lowest BCUT2D eigenvalue weighted by Crippen LogP contribution is -2.86. The molecule has 1 aliphatic carbocycles. The van der Waals surface area contributed by atoms with Crippen molar-refractivity contribution in [1.29, 1.82) is 0 Å². The van der Waals surface area contributed by atoms with Gasteiger partial charge in [0.05, 0.1) is 0 Å². The van der Waals surface area contributed by atoms with Gasteiger partial charge in [0.25, 0.3) is 0 Å². The molecular formula is C5Cl4F6. The first kappa shape index (κ1) is 13.8. The smallest absolute Gasteiger partial charge is 0.223 e. The van der Waals surface area contributed by atoms with Crippen LogP contribution in [0.25, 0.3) is 0 Å². The topological polar surface area (TPSA) is 0 Å². The molecule has 15 heavy (non-hydrogen) atoms. The summed E-state index contributed by atoms with van der Waals surface area (Å²) in [7, 11) is 0.